The highest BCUT2D eigenvalue weighted by Gasteiger charge is 2.25. The maximum Gasteiger partial charge on any atom is 0.469 e. The van der Waals surface area contributed by atoms with Gasteiger partial charge in [0.1, 0.15) is 0 Å². The Morgan fingerprint density at radius 2 is 0.912 bits per heavy atom. The molecule has 0 saturated heterocycles. The lowest BCUT2D eigenvalue weighted by Crippen LogP contribution is -2.29. The number of hydrogen-bond donors (Lipinski definition) is 3. The van der Waals surface area contributed by atoms with Crippen molar-refractivity contribution >= 4 is 7.82 Å². The zero-order valence-electron chi connectivity index (χ0n) is 22.9. The molecular weight excluding hydrogens is 445 g/mol. The molecule has 2 unspecified atom stereocenters. The second kappa shape index (κ2) is 24.8. The Bertz CT molecular complexity index is 458. The molecule has 0 aromatic carbocycles. The quantitative estimate of drug-likeness (QED) is 0.0764. The summed E-state index contributed by atoms with van der Waals surface area (Å²) in [6.45, 7) is 4.39. The monoisotopic (exact) mass is 505 g/mol. The van der Waals surface area contributed by atoms with Crippen LogP contribution in [-0.2, 0) is 9.09 Å². The van der Waals surface area contributed by atoms with Crippen LogP contribution in [0.5, 0.6) is 0 Å². The molecule has 0 bridgehead atoms. The third-order valence-electron chi connectivity index (χ3n) is 7.15. The zero-order valence-corrected chi connectivity index (χ0v) is 23.8. The Balaban J connectivity index is 3.26. The van der Waals surface area contributed by atoms with E-state index >= 15 is 0 Å². The molecule has 206 valence electrons. The number of phosphoric acid groups is 1. The molecule has 0 aliphatic rings. The van der Waals surface area contributed by atoms with E-state index in [4.69, 9.17) is 20.0 Å². The van der Waals surface area contributed by atoms with Crippen molar-refractivity contribution in [3.63, 3.8) is 0 Å². The number of rotatable bonds is 27. The summed E-state index contributed by atoms with van der Waals surface area (Å²) in [5.74, 6) is 0.0720. The highest BCUT2D eigenvalue weighted by Crippen LogP contribution is 2.39. The highest BCUT2D eigenvalue weighted by atomic mass is 31.2. The minimum absolute atomic E-state index is 0.0720. The molecule has 0 aliphatic heterocycles. The van der Waals surface area contributed by atoms with E-state index in [0.29, 0.717) is 0 Å². The summed E-state index contributed by atoms with van der Waals surface area (Å²) >= 11 is 0. The normalized spacial score (nSPS) is 13.9. The molecule has 0 aromatic rings. The lowest BCUT2D eigenvalue weighted by molar-refractivity contribution is 0.0952. The standard InChI is InChI=1S/C28H60NO4P/c1-3-4-5-6-7-8-9-10-11-12-13-14-15-16-17-18-19-20-21-22-23-24-25-27(2)28(26-29)33-34(30,31)32/h27-28H,3-26,29H2,1-2H3,(H2,30,31,32). The molecule has 4 N–H and O–H groups in total. The molecule has 0 saturated carbocycles. The Labute approximate surface area is 212 Å². The first-order valence-corrected chi connectivity index (χ1v) is 16.4. The summed E-state index contributed by atoms with van der Waals surface area (Å²) in [6.07, 6.45) is 30.7. The van der Waals surface area contributed by atoms with Gasteiger partial charge in [0.2, 0.25) is 0 Å². The molecule has 2 atom stereocenters. The second-order valence-electron chi connectivity index (χ2n) is 10.6. The first-order chi connectivity index (χ1) is 16.4. The van der Waals surface area contributed by atoms with Crippen molar-refractivity contribution in [2.45, 2.75) is 168 Å². The fourth-order valence-electron chi connectivity index (χ4n) is 4.82. The molecule has 0 spiro atoms. The summed E-state index contributed by atoms with van der Waals surface area (Å²) in [7, 11) is -4.45. The van der Waals surface area contributed by atoms with Crippen molar-refractivity contribution in [3.8, 4) is 0 Å². The Morgan fingerprint density at radius 1 is 0.618 bits per heavy atom. The maximum absolute atomic E-state index is 11.0. The van der Waals surface area contributed by atoms with Crippen LogP contribution >= 0.6 is 7.82 Å². The number of unbranched alkanes of at least 4 members (excludes halogenated alkanes) is 21. The Hall–Kier alpha value is 0.0700. The highest BCUT2D eigenvalue weighted by molar-refractivity contribution is 7.46. The van der Waals surface area contributed by atoms with Crippen molar-refractivity contribution in [1.82, 2.24) is 0 Å². The predicted molar refractivity (Wildman–Crippen MR) is 147 cm³/mol. The number of nitrogens with two attached hydrogens (primary N) is 1. The van der Waals surface area contributed by atoms with Crippen LogP contribution in [0.15, 0.2) is 0 Å². The molecule has 0 heterocycles. The van der Waals surface area contributed by atoms with Crippen molar-refractivity contribution in [2.24, 2.45) is 11.7 Å². The van der Waals surface area contributed by atoms with Crippen LogP contribution in [-0.4, -0.2) is 22.4 Å². The summed E-state index contributed by atoms with van der Waals surface area (Å²) in [5.41, 5.74) is 5.60. The van der Waals surface area contributed by atoms with E-state index in [-0.39, 0.29) is 12.5 Å². The molecule has 0 amide bonds. The average Bonchev–Trinajstić information content (AvgIpc) is 2.80. The smallest absolute Gasteiger partial charge is 0.328 e. The average molecular weight is 506 g/mol. The third-order valence-corrected chi connectivity index (χ3v) is 7.70. The van der Waals surface area contributed by atoms with Crippen LogP contribution in [0.25, 0.3) is 0 Å². The van der Waals surface area contributed by atoms with Gasteiger partial charge in [-0.25, -0.2) is 4.57 Å². The van der Waals surface area contributed by atoms with Crippen LogP contribution in [0.3, 0.4) is 0 Å². The van der Waals surface area contributed by atoms with E-state index in [1.807, 2.05) is 6.92 Å². The third kappa shape index (κ3) is 25.2. The molecule has 6 heteroatoms. The van der Waals surface area contributed by atoms with Crippen LogP contribution in [0, 0.1) is 5.92 Å². The van der Waals surface area contributed by atoms with Gasteiger partial charge in [-0.1, -0.05) is 155 Å². The zero-order chi connectivity index (χ0) is 25.3. The van der Waals surface area contributed by atoms with Gasteiger partial charge in [0, 0.05) is 6.54 Å². The molecule has 0 fully saturated rings. The molecule has 0 aliphatic carbocycles. The Kier molecular flexibility index (Phi) is 24.8. The van der Waals surface area contributed by atoms with E-state index in [1.54, 1.807) is 0 Å². The van der Waals surface area contributed by atoms with Crippen LogP contribution in [0.1, 0.15) is 162 Å². The number of phosphoric ester groups is 1. The summed E-state index contributed by atoms with van der Waals surface area (Å²) < 4.78 is 15.8. The van der Waals surface area contributed by atoms with Gasteiger partial charge in [0.25, 0.3) is 0 Å². The second-order valence-corrected chi connectivity index (χ2v) is 11.8. The number of hydrogen-bond acceptors (Lipinski definition) is 3. The lowest BCUT2D eigenvalue weighted by Gasteiger charge is -2.23. The van der Waals surface area contributed by atoms with Crippen LogP contribution in [0.4, 0.5) is 0 Å². The molecule has 34 heavy (non-hydrogen) atoms. The topological polar surface area (TPSA) is 92.8 Å². The van der Waals surface area contributed by atoms with Crippen molar-refractivity contribution in [2.75, 3.05) is 6.54 Å². The van der Waals surface area contributed by atoms with E-state index in [0.717, 1.165) is 12.8 Å². The Morgan fingerprint density at radius 3 is 1.18 bits per heavy atom. The summed E-state index contributed by atoms with van der Waals surface area (Å²) in [4.78, 5) is 17.9. The first-order valence-electron chi connectivity index (χ1n) is 14.8. The molecule has 0 aromatic heterocycles. The van der Waals surface area contributed by atoms with Gasteiger partial charge in [0.05, 0.1) is 6.10 Å². The minimum atomic E-state index is -4.45. The van der Waals surface area contributed by atoms with Crippen molar-refractivity contribution < 1.29 is 18.9 Å². The first kappa shape index (κ1) is 34.1. The van der Waals surface area contributed by atoms with Crippen molar-refractivity contribution in [1.29, 1.82) is 0 Å². The molecule has 0 radical (unpaired) electrons. The summed E-state index contributed by atoms with van der Waals surface area (Å²) in [5, 5.41) is 0. The van der Waals surface area contributed by atoms with Crippen molar-refractivity contribution in [3.05, 3.63) is 0 Å². The predicted octanol–water partition coefficient (Wildman–Crippen LogP) is 9.05. The van der Waals surface area contributed by atoms with Gasteiger partial charge in [-0.15, -0.1) is 0 Å². The lowest BCUT2D eigenvalue weighted by atomic mass is 9.96. The van der Waals surface area contributed by atoms with Crippen LogP contribution in [0.2, 0.25) is 0 Å². The minimum Gasteiger partial charge on any atom is -0.328 e. The van der Waals surface area contributed by atoms with Gasteiger partial charge < -0.3 is 15.5 Å². The molecular formula is C28H60NO4P. The largest absolute Gasteiger partial charge is 0.469 e. The van der Waals surface area contributed by atoms with Crippen LogP contribution < -0.4 is 5.73 Å². The van der Waals surface area contributed by atoms with E-state index in [2.05, 4.69) is 6.92 Å². The van der Waals surface area contributed by atoms with Gasteiger partial charge >= 0.3 is 7.82 Å². The van der Waals surface area contributed by atoms with E-state index < -0.39 is 13.9 Å². The molecule has 0 rings (SSSR count). The molecule has 5 nitrogen and oxygen atoms in total. The fraction of sp³-hybridized carbons (Fsp3) is 1.00. The van der Waals surface area contributed by atoms with Gasteiger partial charge in [-0.05, 0) is 12.3 Å². The van der Waals surface area contributed by atoms with Gasteiger partial charge in [-0.3, -0.25) is 4.52 Å². The van der Waals surface area contributed by atoms with E-state index in [9.17, 15) is 4.57 Å². The SMILES string of the molecule is CCCCCCCCCCCCCCCCCCCCCCCCC(C)C(CN)OP(=O)(O)O. The van der Waals surface area contributed by atoms with E-state index in [1.165, 1.54) is 135 Å². The summed E-state index contributed by atoms with van der Waals surface area (Å²) in [6, 6.07) is 0. The van der Waals surface area contributed by atoms with Gasteiger partial charge in [0.15, 0.2) is 0 Å². The van der Waals surface area contributed by atoms with Gasteiger partial charge in [-0.2, -0.15) is 0 Å². The maximum atomic E-state index is 11.0. The fourth-order valence-corrected chi connectivity index (χ4v) is 5.46.